The lowest BCUT2D eigenvalue weighted by Crippen LogP contribution is -2.17. The molecule has 0 bridgehead atoms. The molecule has 5 N–H and O–H groups in total. The molecule has 0 spiro atoms. The van der Waals surface area contributed by atoms with E-state index in [0.29, 0.717) is 29.2 Å². The zero-order valence-electron chi connectivity index (χ0n) is 14.6. The molecule has 0 fully saturated rings. The van der Waals surface area contributed by atoms with E-state index in [1.165, 1.54) is 0 Å². The summed E-state index contributed by atoms with van der Waals surface area (Å²) in [6.45, 7) is 1.73. The van der Waals surface area contributed by atoms with Crippen molar-refractivity contribution in [2.75, 3.05) is 18.1 Å². The summed E-state index contributed by atoms with van der Waals surface area (Å²) in [5, 5.41) is 12.4. The van der Waals surface area contributed by atoms with Gasteiger partial charge in [-0.15, -0.1) is 0 Å². The van der Waals surface area contributed by atoms with Gasteiger partial charge in [-0.25, -0.2) is 9.55 Å². The van der Waals surface area contributed by atoms with Crippen LogP contribution in [0.5, 0.6) is 0 Å². The van der Waals surface area contributed by atoms with Crippen LogP contribution in [0, 0.1) is 6.92 Å². The van der Waals surface area contributed by atoms with Crippen molar-refractivity contribution in [2.24, 2.45) is 0 Å². The third kappa shape index (κ3) is 3.01. The molecule has 3 heterocycles. The van der Waals surface area contributed by atoms with E-state index in [4.69, 9.17) is 5.73 Å². The van der Waals surface area contributed by atoms with Gasteiger partial charge in [-0.3, -0.25) is 9.89 Å². The summed E-state index contributed by atoms with van der Waals surface area (Å²) in [7, 11) is 1.54. The number of nitrogen functional groups attached to an aromatic ring is 1. The molecule has 0 saturated heterocycles. The molecule has 4 rings (SSSR count). The maximum absolute atomic E-state index is 11.7. The van der Waals surface area contributed by atoms with Crippen molar-refractivity contribution >= 4 is 34.7 Å². The number of carbonyl (C=O) groups excluding carboxylic acids is 1. The fourth-order valence-corrected chi connectivity index (χ4v) is 2.65. The summed E-state index contributed by atoms with van der Waals surface area (Å²) in [5.74, 6) is 1.51. The van der Waals surface area contributed by atoms with Gasteiger partial charge >= 0.3 is 0 Å². The molecule has 27 heavy (non-hydrogen) atoms. The van der Waals surface area contributed by atoms with Gasteiger partial charge in [-0.05, 0) is 19.1 Å². The molecule has 0 saturated carbocycles. The minimum atomic E-state index is -0.273. The van der Waals surface area contributed by atoms with E-state index in [0.717, 1.165) is 11.0 Å². The number of imidazole rings is 1. The predicted molar refractivity (Wildman–Crippen MR) is 98.9 cm³/mol. The second kappa shape index (κ2) is 6.37. The third-order valence-electron chi connectivity index (χ3n) is 3.80. The van der Waals surface area contributed by atoms with Gasteiger partial charge < -0.3 is 16.4 Å². The second-order valence-corrected chi connectivity index (χ2v) is 5.67. The maximum Gasteiger partial charge on any atom is 0.269 e. The van der Waals surface area contributed by atoms with Gasteiger partial charge in [0.25, 0.3) is 5.91 Å². The first kappa shape index (κ1) is 16.4. The smallest absolute Gasteiger partial charge is 0.269 e. The number of para-hydroxylation sites is 2. The van der Waals surface area contributed by atoms with Crippen LogP contribution in [-0.4, -0.2) is 47.7 Å². The fraction of sp³-hybridized carbons (Fsp3) is 0.125. The number of amides is 1. The molecular formula is C16H16N10O. The SMILES string of the molecule is CNC(=O)c1cc(Nc2nc3ccccc3n2-c2nc(C)nc(N)n2)n[nH]1. The highest BCUT2D eigenvalue weighted by molar-refractivity contribution is 5.93. The van der Waals surface area contributed by atoms with Gasteiger partial charge in [-0.1, -0.05) is 12.1 Å². The molecule has 0 aliphatic carbocycles. The Balaban J connectivity index is 1.83. The van der Waals surface area contributed by atoms with Gasteiger partial charge in [0, 0.05) is 13.1 Å². The topological polar surface area (TPSA) is 152 Å². The molecule has 11 nitrogen and oxygen atoms in total. The number of aromatic amines is 1. The number of hydrogen-bond acceptors (Lipinski definition) is 8. The third-order valence-corrected chi connectivity index (χ3v) is 3.80. The Bertz CT molecular complexity index is 1130. The number of nitrogens with two attached hydrogens (primary N) is 1. The van der Waals surface area contributed by atoms with Crippen LogP contribution in [0.1, 0.15) is 16.3 Å². The average molecular weight is 364 g/mol. The number of rotatable bonds is 4. The van der Waals surface area contributed by atoms with E-state index in [2.05, 4.69) is 40.8 Å². The highest BCUT2D eigenvalue weighted by Crippen LogP contribution is 2.25. The first-order valence-electron chi connectivity index (χ1n) is 8.05. The number of anilines is 3. The number of benzene rings is 1. The van der Waals surface area contributed by atoms with Crippen LogP contribution in [-0.2, 0) is 0 Å². The number of carbonyl (C=O) groups is 1. The molecule has 1 aromatic carbocycles. The van der Waals surface area contributed by atoms with Gasteiger partial charge in [0.15, 0.2) is 5.82 Å². The van der Waals surface area contributed by atoms with Crippen LogP contribution in [0.4, 0.5) is 17.7 Å². The normalized spacial score (nSPS) is 10.9. The summed E-state index contributed by atoms with van der Waals surface area (Å²) in [6, 6.07) is 9.11. The Morgan fingerprint density at radius 2 is 2.00 bits per heavy atom. The fourth-order valence-electron chi connectivity index (χ4n) is 2.65. The van der Waals surface area contributed by atoms with E-state index >= 15 is 0 Å². The minimum absolute atomic E-state index is 0.114. The first-order valence-corrected chi connectivity index (χ1v) is 8.05. The highest BCUT2D eigenvalue weighted by atomic mass is 16.1. The monoisotopic (exact) mass is 364 g/mol. The highest BCUT2D eigenvalue weighted by Gasteiger charge is 2.17. The number of fused-ring (bicyclic) bond motifs is 1. The minimum Gasteiger partial charge on any atom is -0.368 e. The zero-order chi connectivity index (χ0) is 19.0. The van der Waals surface area contributed by atoms with Crippen molar-refractivity contribution in [1.82, 2.24) is 40.0 Å². The van der Waals surface area contributed by atoms with Crippen LogP contribution in [0.25, 0.3) is 17.0 Å². The number of hydrogen-bond donors (Lipinski definition) is 4. The lowest BCUT2D eigenvalue weighted by molar-refractivity contribution is 0.0958. The average Bonchev–Trinajstić information content (AvgIpc) is 3.24. The molecule has 0 aliphatic rings. The van der Waals surface area contributed by atoms with Crippen molar-refractivity contribution in [3.63, 3.8) is 0 Å². The van der Waals surface area contributed by atoms with Crippen LogP contribution < -0.4 is 16.4 Å². The Morgan fingerprint density at radius 3 is 2.78 bits per heavy atom. The lowest BCUT2D eigenvalue weighted by atomic mass is 10.3. The molecule has 0 unspecified atom stereocenters. The van der Waals surface area contributed by atoms with Crippen molar-refractivity contribution < 1.29 is 4.79 Å². The Hall–Kier alpha value is -4.02. The van der Waals surface area contributed by atoms with Crippen LogP contribution >= 0.6 is 0 Å². The number of H-pyrrole nitrogens is 1. The standard InChI is InChI=1S/C16H16N10O/c1-8-19-14(17)23-15(20-8)26-11-6-4-3-5-9(11)21-16(26)22-12-7-10(24-25-12)13(27)18-2/h3-7H,1-2H3,(H,18,27)(H2,17,19,20,23)(H2,21,22,24,25). The van der Waals surface area contributed by atoms with E-state index < -0.39 is 0 Å². The quantitative estimate of drug-likeness (QED) is 0.417. The molecule has 0 radical (unpaired) electrons. The van der Waals surface area contributed by atoms with E-state index in [9.17, 15) is 4.79 Å². The van der Waals surface area contributed by atoms with E-state index in [1.807, 2.05) is 24.3 Å². The number of nitrogens with one attached hydrogen (secondary N) is 3. The van der Waals surface area contributed by atoms with Crippen molar-refractivity contribution in [3.8, 4) is 5.95 Å². The van der Waals surface area contributed by atoms with Crippen LogP contribution in [0.15, 0.2) is 30.3 Å². The Morgan fingerprint density at radius 1 is 1.19 bits per heavy atom. The van der Waals surface area contributed by atoms with Crippen molar-refractivity contribution in [2.45, 2.75) is 6.92 Å². The molecule has 3 aromatic heterocycles. The molecule has 11 heteroatoms. The summed E-state index contributed by atoms with van der Waals surface area (Å²) in [6.07, 6.45) is 0. The summed E-state index contributed by atoms with van der Waals surface area (Å²) in [5.41, 5.74) is 7.63. The molecular weight excluding hydrogens is 348 g/mol. The Labute approximate surface area is 153 Å². The largest absolute Gasteiger partial charge is 0.368 e. The molecule has 0 atom stereocenters. The van der Waals surface area contributed by atoms with Crippen LogP contribution in [0.2, 0.25) is 0 Å². The second-order valence-electron chi connectivity index (χ2n) is 5.67. The maximum atomic E-state index is 11.7. The van der Waals surface area contributed by atoms with Gasteiger partial charge in [0.1, 0.15) is 11.5 Å². The predicted octanol–water partition coefficient (Wildman–Crippen LogP) is 0.927. The Kier molecular flexibility index (Phi) is 3.88. The zero-order valence-corrected chi connectivity index (χ0v) is 14.6. The summed E-state index contributed by atoms with van der Waals surface area (Å²) < 4.78 is 1.72. The van der Waals surface area contributed by atoms with Gasteiger partial charge in [0.05, 0.1) is 11.0 Å². The van der Waals surface area contributed by atoms with Crippen molar-refractivity contribution in [3.05, 3.63) is 41.9 Å². The molecule has 136 valence electrons. The first-order chi connectivity index (χ1) is 13.0. The van der Waals surface area contributed by atoms with Gasteiger partial charge in [-0.2, -0.15) is 20.1 Å². The number of aromatic nitrogens is 7. The van der Waals surface area contributed by atoms with E-state index in [1.54, 1.807) is 24.6 Å². The summed E-state index contributed by atoms with van der Waals surface area (Å²) >= 11 is 0. The van der Waals surface area contributed by atoms with Gasteiger partial charge in [0.2, 0.25) is 17.8 Å². The van der Waals surface area contributed by atoms with E-state index in [-0.39, 0.29) is 11.9 Å². The number of aryl methyl sites for hydroxylation is 1. The molecule has 0 aliphatic heterocycles. The molecule has 4 aromatic rings. The van der Waals surface area contributed by atoms with Crippen LogP contribution in [0.3, 0.4) is 0 Å². The molecule has 1 amide bonds. The van der Waals surface area contributed by atoms with Crippen molar-refractivity contribution in [1.29, 1.82) is 0 Å². The lowest BCUT2D eigenvalue weighted by Gasteiger charge is -2.08. The summed E-state index contributed by atoms with van der Waals surface area (Å²) in [4.78, 5) is 28.9. The number of nitrogens with zero attached hydrogens (tertiary/aromatic N) is 6.